The summed E-state index contributed by atoms with van der Waals surface area (Å²) in [6, 6.07) is 29.8. The highest BCUT2D eigenvalue weighted by atomic mass is 32.2. The number of benzene rings is 6. The van der Waals surface area contributed by atoms with E-state index in [1.165, 1.54) is 36.4 Å². The number of rotatable bonds is 9. The molecule has 13 nitrogen and oxygen atoms in total. The molecule has 0 aliphatic heterocycles. The molecule has 0 saturated carbocycles. The number of fused-ring (bicyclic) bond motifs is 2. The van der Waals surface area contributed by atoms with Gasteiger partial charge in [-0.25, -0.2) is 0 Å². The van der Waals surface area contributed by atoms with Crippen molar-refractivity contribution in [2.24, 2.45) is 10.2 Å². The van der Waals surface area contributed by atoms with Crippen molar-refractivity contribution in [1.82, 2.24) is 0 Å². The number of carbonyl (C=O) groups is 2. The number of amides is 2. The molecule has 258 valence electrons. The topological polar surface area (TPSA) is 203 Å². The van der Waals surface area contributed by atoms with Crippen LogP contribution in [0, 0.1) is 0 Å². The SMILES string of the molecule is CCN(C(=O)c1ccc(N=Nc2c(S(=O)(=O)O)cc3c(S(=O)(=O)O)ccc(NC(=O)c4ccccc4)c3c2O)cc1)c1cccc2ccccc12. The lowest BCUT2D eigenvalue weighted by Crippen LogP contribution is -2.30. The molecule has 0 spiro atoms. The number of hydrogen-bond acceptors (Lipinski definition) is 9. The molecule has 0 saturated heterocycles. The fourth-order valence-corrected chi connectivity index (χ4v) is 6.97. The Kier molecular flexibility index (Phi) is 9.38. The van der Waals surface area contributed by atoms with Gasteiger partial charge < -0.3 is 15.3 Å². The molecule has 2 amide bonds. The van der Waals surface area contributed by atoms with Gasteiger partial charge in [0.05, 0.1) is 22.4 Å². The summed E-state index contributed by atoms with van der Waals surface area (Å²) in [5, 5.41) is 22.8. The van der Waals surface area contributed by atoms with Crippen LogP contribution in [0.15, 0.2) is 135 Å². The van der Waals surface area contributed by atoms with E-state index in [9.17, 15) is 40.6 Å². The van der Waals surface area contributed by atoms with Crippen LogP contribution in [0.2, 0.25) is 0 Å². The lowest BCUT2D eigenvalue weighted by atomic mass is 10.1. The molecule has 0 aliphatic rings. The van der Waals surface area contributed by atoms with Gasteiger partial charge in [-0.2, -0.15) is 21.9 Å². The van der Waals surface area contributed by atoms with E-state index in [-0.39, 0.29) is 22.8 Å². The van der Waals surface area contributed by atoms with E-state index in [1.54, 1.807) is 23.1 Å². The van der Waals surface area contributed by atoms with Crippen LogP contribution in [0.5, 0.6) is 5.75 Å². The number of phenols is 1. The zero-order valence-electron chi connectivity index (χ0n) is 26.6. The maximum Gasteiger partial charge on any atom is 0.296 e. The van der Waals surface area contributed by atoms with E-state index in [0.717, 1.165) is 28.6 Å². The first-order chi connectivity index (χ1) is 24.3. The van der Waals surface area contributed by atoms with Gasteiger partial charge in [0.1, 0.15) is 15.5 Å². The second-order valence-electron chi connectivity index (χ2n) is 11.2. The van der Waals surface area contributed by atoms with Gasteiger partial charge in [-0.15, -0.1) is 5.11 Å². The molecule has 6 rings (SSSR count). The zero-order chi connectivity index (χ0) is 36.5. The van der Waals surface area contributed by atoms with Gasteiger partial charge >= 0.3 is 0 Å². The second-order valence-corrected chi connectivity index (χ2v) is 14.0. The van der Waals surface area contributed by atoms with Gasteiger partial charge in [0.25, 0.3) is 32.1 Å². The van der Waals surface area contributed by atoms with Crippen LogP contribution >= 0.6 is 0 Å². The molecule has 4 N–H and O–H groups in total. The minimum absolute atomic E-state index is 0.116. The third kappa shape index (κ3) is 7.04. The van der Waals surface area contributed by atoms with E-state index in [2.05, 4.69) is 15.5 Å². The molecule has 0 radical (unpaired) electrons. The molecule has 6 aromatic carbocycles. The third-order valence-corrected chi connectivity index (χ3v) is 9.79. The van der Waals surface area contributed by atoms with E-state index in [0.29, 0.717) is 18.2 Å². The molecule has 0 fully saturated rings. The molecule has 6 aromatic rings. The highest BCUT2D eigenvalue weighted by molar-refractivity contribution is 7.86. The molecule has 15 heteroatoms. The van der Waals surface area contributed by atoms with E-state index >= 15 is 0 Å². The van der Waals surface area contributed by atoms with Crippen LogP contribution in [0.1, 0.15) is 27.6 Å². The molecule has 0 aliphatic carbocycles. The fraction of sp³-hybridized carbons (Fsp3) is 0.0556. The normalized spacial score (nSPS) is 12.0. The Morgan fingerprint density at radius 1 is 0.706 bits per heavy atom. The lowest BCUT2D eigenvalue weighted by Gasteiger charge is -2.23. The molecule has 0 atom stereocenters. The summed E-state index contributed by atoms with van der Waals surface area (Å²) in [5.74, 6) is -1.93. The third-order valence-electron chi connectivity index (χ3n) is 8.01. The van der Waals surface area contributed by atoms with E-state index in [1.807, 2.05) is 49.4 Å². The Morgan fingerprint density at radius 2 is 1.35 bits per heavy atom. The Hall–Kier alpha value is -6.00. The number of aromatic hydroxyl groups is 1. The highest BCUT2D eigenvalue weighted by Crippen LogP contribution is 2.46. The van der Waals surface area contributed by atoms with Crippen LogP contribution in [0.4, 0.5) is 22.7 Å². The van der Waals surface area contributed by atoms with Crippen molar-refractivity contribution in [1.29, 1.82) is 0 Å². The lowest BCUT2D eigenvalue weighted by molar-refractivity contribution is 0.0986. The average molecular weight is 725 g/mol. The van der Waals surface area contributed by atoms with Crippen molar-refractivity contribution in [3.8, 4) is 5.75 Å². The van der Waals surface area contributed by atoms with Gasteiger partial charge in [-0.3, -0.25) is 18.7 Å². The van der Waals surface area contributed by atoms with Crippen LogP contribution in [0.3, 0.4) is 0 Å². The van der Waals surface area contributed by atoms with E-state index in [4.69, 9.17) is 0 Å². The minimum atomic E-state index is -5.19. The molecule has 0 heterocycles. The largest absolute Gasteiger partial charge is 0.505 e. The Labute approximate surface area is 292 Å². The predicted octanol–water partition coefficient (Wildman–Crippen LogP) is 7.53. The van der Waals surface area contributed by atoms with Gasteiger partial charge in [0.15, 0.2) is 5.75 Å². The molecule has 0 unspecified atom stereocenters. The Balaban J connectivity index is 1.40. The van der Waals surface area contributed by atoms with Gasteiger partial charge in [0, 0.05) is 28.4 Å². The predicted molar refractivity (Wildman–Crippen MR) is 192 cm³/mol. The summed E-state index contributed by atoms with van der Waals surface area (Å²) in [4.78, 5) is 26.3. The van der Waals surface area contributed by atoms with E-state index < -0.39 is 58.1 Å². The Morgan fingerprint density at radius 3 is 2.02 bits per heavy atom. The minimum Gasteiger partial charge on any atom is -0.505 e. The van der Waals surface area contributed by atoms with Crippen LogP contribution in [0.25, 0.3) is 21.5 Å². The maximum absolute atomic E-state index is 13.6. The maximum atomic E-state index is 13.6. The quantitative estimate of drug-likeness (QED) is 0.0858. The number of azo groups is 1. The van der Waals surface area contributed by atoms with Crippen molar-refractivity contribution >= 4 is 76.3 Å². The van der Waals surface area contributed by atoms with Crippen molar-refractivity contribution in [2.75, 3.05) is 16.8 Å². The standard InChI is InChI=1S/C36H28N4O9S2/c1-2-40(29-14-8-12-22-9-6-7-13-26(22)29)36(43)24-15-17-25(18-16-24)38-39-33-31(51(47,48)49)21-27-30(50(44,45)46)20-19-28(32(27)34(33)41)37-35(42)23-10-4-3-5-11-23/h3-21,41H,2H2,1H3,(H,37,42)(H,44,45,46)(H,47,48,49). The Bertz CT molecular complexity index is 2590. The number of phenolic OH excluding ortho intramolecular Hbond substituents is 1. The van der Waals surface area contributed by atoms with Crippen LogP contribution in [-0.2, 0) is 20.2 Å². The number of nitrogens with zero attached hydrogens (tertiary/aromatic N) is 3. The van der Waals surface area contributed by atoms with Gasteiger partial charge in [-0.1, -0.05) is 54.6 Å². The summed E-state index contributed by atoms with van der Waals surface area (Å²) in [6.07, 6.45) is 0. The molecule has 51 heavy (non-hydrogen) atoms. The number of anilines is 2. The molecule has 0 aromatic heterocycles. The number of carbonyl (C=O) groups excluding carboxylic acids is 2. The summed E-state index contributed by atoms with van der Waals surface area (Å²) in [6.45, 7) is 2.23. The number of hydrogen-bond donors (Lipinski definition) is 4. The fourth-order valence-electron chi connectivity index (χ4n) is 5.64. The first-order valence-corrected chi connectivity index (χ1v) is 18.1. The van der Waals surface area contributed by atoms with Crippen LogP contribution in [-0.4, -0.2) is 49.4 Å². The highest BCUT2D eigenvalue weighted by Gasteiger charge is 2.28. The molecular formula is C36H28N4O9S2. The molecular weight excluding hydrogens is 697 g/mol. The van der Waals surface area contributed by atoms with Gasteiger partial charge in [0.2, 0.25) is 0 Å². The number of nitrogens with one attached hydrogen (secondary N) is 1. The zero-order valence-corrected chi connectivity index (χ0v) is 28.3. The van der Waals surface area contributed by atoms with Crippen molar-refractivity contribution < 1.29 is 40.6 Å². The summed E-state index contributed by atoms with van der Waals surface area (Å²) >= 11 is 0. The smallest absolute Gasteiger partial charge is 0.296 e. The summed E-state index contributed by atoms with van der Waals surface area (Å²) in [5.41, 5.74) is 0.403. The van der Waals surface area contributed by atoms with Crippen molar-refractivity contribution in [2.45, 2.75) is 16.7 Å². The first kappa shape index (κ1) is 34.8. The van der Waals surface area contributed by atoms with Crippen molar-refractivity contribution in [3.05, 3.63) is 126 Å². The average Bonchev–Trinajstić information content (AvgIpc) is 3.11. The molecule has 0 bridgehead atoms. The first-order valence-electron chi connectivity index (χ1n) is 15.2. The van der Waals surface area contributed by atoms with Crippen molar-refractivity contribution in [3.63, 3.8) is 0 Å². The second kappa shape index (κ2) is 13.7. The summed E-state index contributed by atoms with van der Waals surface area (Å²) < 4.78 is 69.5. The van der Waals surface area contributed by atoms with Gasteiger partial charge in [-0.05, 0) is 73.0 Å². The monoisotopic (exact) mass is 724 g/mol. The summed E-state index contributed by atoms with van der Waals surface area (Å²) in [7, 11) is -10.2. The van der Waals surface area contributed by atoms with Crippen LogP contribution < -0.4 is 10.2 Å².